The van der Waals surface area contributed by atoms with Crippen LogP contribution in [0.3, 0.4) is 0 Å². The Morgan fingerprint density at radius 2 is 1.59 bits per heavy atom. The molecule has 6 heteroatoms. The highest BCUT2D eigenvalue weighted by atomic mass is 35.5. The van der Waals surface area contributed by atoms with E-state index in [1.54, 1.807) is 21.3 Å². The topological polar surface area (TPSA) is 43.0 Å². The molecular formula is C21H27ClN2O3. The fourth-order valence-corrected chi connectivity index (χ4v) is 3.67. The first-order chi connectivity index (χ1) is 13.1. The molecule has 1 heterocycles. The minimum absolute atomic E-state index is 0.481. The zero-order valence-electron chi connectivity index (χ0n) is 16.1. The van der Waals surface area contributed by atoms with Gasteiger partial charge in [-0.15, -0.1) is 0 Å². The molecule has 0 radical (unpaired) electrons. The molecule has 146 valence electrons. The summed E-state index contributed by atoms with van der Waals surface area (Å²) >= 11 is 5.95. The highest BCUT2D eigenvalue weighted by Gasteiger charge is 2.22. The number of methoxy groups -OCH3 is 3. The Balaban J connectivity index is 1.60. The fraction of sp³-hybridized carbons (Fsp3) is 0.429. The molecule has 0 aromatic heterocycles. The molecule has 1 aliphatic heterocycles. The van der Waals surface area contributed by atoms with E-state index < -0.39 is 0 Å². The predicted molar refractivity (Wildman–Crippen MR) is 109 cm³/mol. The molecule has 0 aliphatic carbocycles. The number of likely N-dealkylation sites (tertiary alicyclic amines) is 1. The molecule has 1 N–H and O–H groups in total. The van der Waals surface area contributed by atoms with Gasteiger partial charge in [0.15, 0.2) is 11.5 Å². The number of rotatable bonds is 7. The average molecular weight is 391 g/mol. The third-order valence-electron chi connectivity index (χ3n) is 4.98. The second-order valence-corrected chi connectivity index (χ2v) is 7.13. The van der Waals surface area contributed by atoms with Crippen LogP contribution in [-0.4, -0.2) is 45.4 Å². The summed E-state index contributed by atoms with van der Waals surface area (Å²) in [4.78, 5) is 2.45. The van der Waals surface area contributed by atoms with Crippen molar-refractivity contribution < 1.29 is 14.2 Å². The van der Waals surface area contributed by atoms with Crippen LogP contribution in [-0.2, 0) is 6.54 Å². The molecule has 2 aromatic carbocycles. The van der Waals surface area contributed by atoms with Gasteiger partial charge in [-0.1, -0.05) is 17.7 Å². The summed E-state index contributed by atoms with van der Waals surface area (Å²) in [5.41, 5.74) is 2.23. The minimum atomic E-state index is 0.481. The molecule has 1 saturated heterocycles. The van der Waals surface area contributed by atoms with Crippen molar-refractivity contribution in [3.8, 4) is 17.2 Å². The number of halogens is 1. The Bertz CT molecular complexity index is 744. The normalized spacial score (nSPS) is 15.4. The summed E-state index contributed by atoms with van der Waals surface area (Å²) in [6.45, 7) is 2.89. The first kappa shape index (κ1) is 19.6. The summed E-state index contributed by atoms with van der Waals surface area (Å²) < 4.78 is 16.5. The summed E-state index contributed by atoms with van der Waals surface area (Å²) in [5.74, 6) is 2.08. The Labute approximate surface area is 166 Å². The Morgan fingerprint density at radius 3 is 2.19 bits per heavy atom. The van der Waals surface area contributed by atoms with Gasteiger partial charge in [-0.2, -0.15) is 0 Å². The van der Waals surface area contributed by atoms with Crippen molar-refractivity contribution in [1.82, 2.24) is 4.90 Å². The number of benzene rings is 2. The van der Waals surface area contributed by atoms with Gasteiger partial charge in [-0.25, -0.2) is 0 Å². The van der Waals surface area contributed by atoms with E-state index in [9.17, 15) is 0 Å². The van der Waals surface area contributed by atoms with Crippen molar-refractivity contribution in [3.63, 3.8) is 0 Å². The molecule has 3 rings (SSSR count). The zero-order valence-corrected chi connectivity index (χ0v) is 16.9. The molecule has 2 aromatic rings. The zero-order chi connectivity index (χ0) is 19.2. The predicted octanol–water partition coefficient (Wildman–Crippen LogP) is 4.44. The van der Waals surface area contributed by atoms with Crippen molar-refractivity contribution in [1.29, 1.82) is 0 Å². The molecule has 1 aliphatic rings. The van der Waals surface area contributed by atoms with Crippen LogP contribution in [0.25, 0.3) is 0 Å². The molecule has 0 saturated carbocycles. The van der Waals surface area contributed by atoms with Gasteiger partial charge in [0.1, 0.15) is 0 Å². The monoisotopic (exact) mass is 390 g/mol. The van der Waals surface area contributed by atoms with Crippen LogP contribution in [0.2, 0.25) is 5.02 Å². The smallest absolute Gasteiger partial charge is 0.203 e. The maximum absolute atomic E-state index is 5.95. The second kappa shape index (κ2) is 9.20. The molecule has 0 amide bonds. The summed E-state index contributed by atoms with van der Waals surface area (Å²) in [6.07, 6.45) is 2.19. The van der Waals surface area contributed by atoms with Gasteiger partial charge >= 0.3 is 0 Å². The van der Waals surface area contributed by atoms with Crippen LogP contribution in [0.1, 0.15) is 18.4 Å². The Morgan fingerprint density at radius 1 is 0.926 bits per heavy atom. The number of ether oxygens (including phenoxy) is 3. The van der Waals surface area contributed by atoms with Gasteiger partial charge in [0.25, 0.3) is 0 Å². The van der Waals surface area contributed by atoms with E-state index in [-0.39, 0.29) is 0 Å². The van der Waals surface area contributed by atoms with Gasteiger partial charge in [0.05, 0.1) is 21.3 Å². The number of piperidine rings is 1. The molecular weight excluding hydrogens is 364 g/mol. The SMILES string of the molecule is COc1ccc(CN2CCC(Nc3ccc(Cl)cc3)CC2)c(OC)c1OC. The maximum Gasteiger partial charge on any atom is 0.203 e. The number of nitrogens with one attached hydrogen (secondary N) is 1. The van der Waals surface area contributed by atoms with E-state index in [1.165, 1.54) is 0 Å². The van der Waals surface area contributed by atoms with Crippen LogP contribution >= 0.6 is 11.6 Å². The molecule has 5 nitrogen and oxygen atoms in total. The molecule has 27 heavy (non-hydrogen) atoms. The Kier molecular flexibility index (Phi) is 6.69. The number of hydrogen-bond donors (Lipinski definition) is 1. The second-order valence-electron chi connectivity index (χ2n) is 6.70. The van der Waals surface area contributed by atoms with Gasteiger partial charge in [0.2, 0.25) is 5.75 Å². The van der Waals surface area contributed by atoms with Crippen LogP contribution in [0.5, 0.6) is 17.2 Å². The van der Waals surface area contributed by atoms with E-state index >= 15 is 0 Å². The molecule has 0 atom stereocenters. The number of nitrogens with zero attached hydrogens (tertiary/aromatic N) is 1. The highest BCUT2D eigenvalue weighted by molar-refractivity contribution is 6.30. The lowest BCUT2D eigenvalue weighted by molar-refractivity contribution is 0.208. The van der Waals surface area contributed by atoms with Gasteiger partial charge in [0, 0.05) is 41.9 Å². The third-order valence-corrected chi connectivity index (χ3v) is 5.23. The van der Waals surface area contributed by atoms with Crippen molar-refractivity contribution >= 4 is 17.3 Å². The highest BCUT2D eigenvalue weighted by Crippen LogP contribution is 2.40. The first-order valence-corrected chi connectivity index (χ1v) is 9.54. The number of hydrogen-bond acceptors (Lipinski definition) is 5. The fourth-order valence-electron chi connectivity index (χ4n) is 3.55. The van der Waals surface area contributed by atoms with E-state index in [0.717, 1.165) is 54.5 Å². The third kappa shape index (κ3) is 4.79. The van der Waals surface area contributed by atoms with Crippen LogP contribution in [0, 0.1) is 0 Å². The van der Waals surface area contributed by atoms with Gasteiger partial charge in [-0.3, -0.25) is 4.90 Å². The summed E-state index contributed by atoms with van der Waals surface area (Å²) in [7, 11) is 4.94. The van der Waals surface area contributed by atoms with E-state index in [1.807, 2.05) is 30.3 Å². The standard InChI is InChI=1S/C21H27ClN2O3/c1-25-19-9-4-15(20(26-2)21(19)27-3)14-24-12-10-18(11-13-24)23-17-7-5-16(22)6-8-17/h4-9,18,23H,10-14H2,1-3H3. The average Bonchev–Trinajstić information content (AvgIpc) is 2.70. The van der Waals surface area contributed by atoms with Crippen LogP contribution < -0.4 is 19.5 Å². The lowest BCUT2D eigenvalue weighted by Gasteiger charge is -2.33. The minimum Gasteiger partial charge on any atom is -0.493 e. The Hall–Kier alpha value is -2.11. The molecule has 1 fully saturated rings. The lowest BCUT2D eigenvalue weighted by atomic mass is 10.0. The van der Waals surface area contributed by atoms with E-state index in [0.29, 0.717) is 17.5 Å². The van der Waals surface area contributed by atoms with E-state index in [2.05, 4.69) is 16.3 Å². The largest absolute Gasteiger partial charge is 0.493 e. The maximum atomic E-state index is 5.95. The first-order valence-electron chi connectivity index (χ1n) is 9.17. The molecule has 0 spiro atoms. The van der Waals surface area contributed by atoms with E-state index in [4.69, 9.17) is 25.8 Å². The molecule has 0 bridgehead atoms. The molecule has 0 unspecified atom stereocenters. The van der Waals surface area contributed by atoms with Crippen LogP contribution in [0.15, 0.2) is 36.4 Å². The van der Waals surface area contributed by atoms with Crippen LogP contribution in [0.4, 0.5) is 5.69 Å². The van der Waals surface area contributed by atoms with Crippen molar-refractivity contribution in [3.05, 3.63) is 47.0 Å². The lowest BCUT2D eigenvalue weighted by Crippen LogP contribution is -2.38. The quantitative estimate of drug-likeness (QED) is 0.756. The van der Waals surface area contributed by atoms with Gasteiger partial charge in [-0.05, 0) is 43.2 Å². The summed E-state index contributed by atoms with van der Waals surface area (Å²) in [6, 6.07) is 12.4. The number of anilines is 1. The summed E-state index contributed by atoms with van der Waals surface area (Å²) in [5, 5.41) is 4.37. The van der Waals surface area contributed by atoms with Crippen molar-refractivity contribution in [2.75, 3.05) is 39.7 Å². The van der Waals surface area contributed by atoms with Crippen molar-refractivity contribution in [2.24, 2.45) is 0 Å². The van der Waals surface area contributed by atoms with Gasteiger partial charge < -0.3 is 19.5 Å². The van der Waals surface area contributed by atoms with Crippen molar-refractivity contribution in [2.45, 2.75) is 25.4 Å².